The largest absolute Gasteiger partial charge is 0.477 e. The van der Waals surface area contributed by atoms with Gasteiger partial charge in [-0.05, 0) is 58.8 Å². The zero-order valence-electron chi connectivity index (χ0n) is 19.1. The minimum Gasteiger partial charge on any atom is -0.477 e. The molecule has 0 radical (unpaired) electrons. The van der Waals surface area contributed by atoms with Crippen LogP contribution in [0.4, 0.5) is 0 Å². The summed E-state index contributed by atoms with van der Waals surface area (Å²) in [5, 5.41) is 21.6. The van der Waals surface area contributed by atoms with Gasteiger partial charge in [0.2, 0.25) is 0 Å². The fourth-order valence-corrected chi connectivity index (χ4v) is 4.97. The molecule has 2 N–H and O–H groups in total. The van der Waals surface area contributed by atoms with Crippen LogP contribution in [0.15, 0.2) is 59.7 Å². The van der Waals surface area contributed by atoms with E-state index < -0.39 is 12.0 Å². The summed E-state index contributed by atoms with van der Waals surface area (Å²) in [5.41, 5.74) is 2.80. The summed E-state index contributed by atoms with van der Waals surface area (Å²) in [6.07, 6.45) is 2.49. The highest BCUT2D eigenvalue weighted by molar-refractivity contribution is 6.31. The van der Waals surface area contributed by atoms with Gasteiger partial charge in [-0.25, -0.2) is 9.78 Å². The number of nitrogens with zero attached hydrogens (tertiary/aromatic N) is 6. The molecule has 0 saturated heterocycles. The van der Waals surface area contributed by atoms with Crippen molar-refractivity contribution in [2.75, 3.05) is 0 Å². The minimum atomic E-state index is -1.05. The van der Waals surface area contributed by atoms with Crippen molar-refractivity contribution in [1.29, 1.82) is 0 Å². The van der Waals surface area contributed by atoms with Crippen LogP contribution in [0.1, 0.15) is 34.3 Å². The van der Waals surface area contributed by atoms with Crippen LogP contribution in [0, 0.1) is 0 Å². The zero-order valence-corrected chi connectivity index (χ0v) is 19.9. The first-order valence-corrected chi connectivity index (χ1v) is 11.8. The Labute approximate surface area is 213 Å². The molecule has 12 heteroatoms. The summed E-state index contributed by atoms with van der Waals surface area (Å²) in [6, 6.07) is 12.8. The Bertz CT molecular complexity index is 1760. The van der Waals surface area contributed by atoms with Crippen LogP contribution in [-0.4, -0.2) is 51.6 Å². The Morgan fingerprint density at radius 2 is 2.00 bits per heavy atom. The number of ketones is 1. The molecule has 4 heterocycles. The number of tetrazole rings is 1. The molecule has 0 fully saturated rings. The third-order valence-electron chi connectivity index (χ3n) is 6.47. The molecular weight excluding hydrogens is 498 g/mol. The number of rotatable bonds is 6. The second-order valence-electron chi connectivity index (χ2n) is 8.79. The van der Waals surface area contributed by atoms with Crippen LogP contribution in [0.25, 0.3) is 27.8 Å². The topological polar surface area (TPSA) is 149 Å². The van der Waals surface area contributed by atoms with Gasteiger partial charge in [-0.2, -0.15) is 4.68 Å². The number of halogens is 1. The molecule has 3 aromatic heterocycles. The lowest BCUT2D eigenvalue weighted by Gasteiger charge is -2.15. The number of benzene rings is 2. The quantitative estimate of drug-likeness (QED) is 0.350. The van der Waals surface area contributed by atoms with Crippen LogP contribution >= 0.6 is 11.6 Å². The summed E-state index contributed by atoms with van der Waals surface area (Å²) in [7, 11) is 0. The molecule has 0 aliphatic carbocycles. The average Bonchev–Trinajstić information content (AvgIpc) is 3.63. The number of H-pyrrole nitrogens is 1. The fourth-order valence-electron chi connectivity index (χ4n) is 4.80. The van der Waals surface area contributed by atoms with Crippen molar-refractivity contribution in [2.24, 2.45) is 0 Å². The molecule has 5 aromatic rings. The van der Waals surface area contributed by atoms with Crippen LogP contribution < -0.4 is 5.56 Å². The molecule has 184 valence electrons. The molecule has 6 rings (SSSR count). The molecule has 11 nitrogen and oxygen atoms in total. The minimum absolute atomic E-state index is 0.0829. The second-order valence-corrected chi connectivity index (χ2v) is 9.23. The first-order chi connectivity index (χ1) is 17.9. The van der Waals surface area contributed by atoms with E-state index in [9.17, 15) is 19.5 Å². The Kier molecular flexibility index (Phi) is 5.41. The number of aromatic amines is 1. The number of aromatic nitrogens is 7. The zero-order chi connectivity index (χ0) is 25.7. The van der Waals surface area contributed by atoms with Crippen LogP contribution in [0.5, 0.6) is 0 Å². The Balaban J connectivity index is 1.31. The molecule has 1 aliphatic heterocycles. The van der Waals surface area contributed by atoms with E-state index in [0.717, 1.165) is 5.56 Å². The lowest BCUT2D eigenvalue weighted by Crippen LogP contribution is -2.29. The lowest BCUT2D eigenvalue weighted by molar-refractivity contribution is -0.121. The van der Waals surface area contributed by atoms with Gasteiger partial charge in [0.25, 0.3) is 5.56 Å². The molecule has 0 amide bonds. The molecule has 0 bridgehead atoms. The Morgan fingerprint density at radius 1 is 1.14 bits per heavy atom. The van der Waals surface area contributed by atoms with Gasteiger partial charge >= 0.3 is 5.97 Å². The van der Waals surface area contributed by atoms with E-state index in [1.165, 1.54) is 27.7 Å². The number of carboxylic acids is 1. The van der Waals surface area contributed by atoms with Crippen molar-refractivity contribution < 1.29 is 14.7 Å². The highest BCUT2D eigenvalue weighted by Crippen LogP contribution is 2.31. The molecule has 0 spiro atoms. The number of hydrogen-bond acceptors (Lipinski definition) is 7. The van der Waals surface area contributed by atoms with Crippen molar-refractivity contribution in [1.82, 2.24) is 34.7 Å². The number of carboxylic acid groups (broad SMARTS) is 1. The molecule has 2 aromatic carbocycles. The Morgan fingerprint density at radius 3 is 2.78 bits per heavy atom. The van der Waals surface area contributed by atoms with Gasteiger partial charge in [-0.1, -0.05) is 17.7 Å². The maximum atomic E-state index is 13.3. The van der Waals surface area contributed by atoms with E-state index in [2.05, 4.69) is 20.5 Å². The van der Waals surface area contributed by atoms with Crippen LogP contribution in [0.3, 0.4) is 0 Å². The third kappa shape index (κ3) is 4.08. The van der Waals surface area contributed by atoms with Crippen molar-refractivity contribution in [3.05, 3.63) is 87.3 Å². The van der Waals surface area contributed by atoms with E-state index in [4.69, 9.17) is 16.6 Å². The third-order valence-corrected chi connectivity index (χ3v) is 6.71. The SMILES string of the molecule is O=C(O)c1cc2cc(CC(=O)C3CCc4nc(-c5cc(Cl)ccc5-n5cnnn5)cc(=O)n43)ccc2[nH]1. The smallest absolute Gasteiger partial charge is 0.352 e. The monoisotopic (exact) mass is 515 g/mol. The van der Waals surface area contributed by atoms with Gasteiger partial charge in [0, 0.05) is 40.4 Å². The fraction of sp³-hybridized carbons (Fsp3) is 0.160. The van der Waals surface area contributed by atoms with Crippen LogP contribution in [0.2, 0.25) is 5.02 Å². The highest BCUT2D eigenvalue weighted by atomic mass is 35.5. The van der Waals surface area contributed by atoms with Gasteiger partial charge in [0.1, 0.15) is 17.8 Å². The molecular formula is C25H18ClN7O4. The number of aryl methyl sites for hydroxylation is 1. The van der Waals surface area contributed by atoms with Gasteiger partial charge in [-0.15, -0.1) is 5.10 Å². The second kappa shape index (κ2) is 8.79. The average molecular weight is 516 g/mol. The number of carbonyl (C=O) groups excluding carboxylic acids is 1. The van der Waals surface area contributed by atoms with E-state index in [0.29, 0.717) is 51.5 Å². The standard InChI is InChI=1S/C25H18ClN7O4/c26-15-2-4-20(32-12-27-30-31-32)16(10-15)18-11-24(35)33-21(5-6-23(33)29-18)22(34)8-13-1-3-17-14(7-13)9-19(28-17)25(36)37/h1-4,7,9-12,21,28H,5-6,8H2,(H,36,37). The molecule has 37 heavy (non-hydrogen) atoms. The van der Waals surface area contributed by atoms with Crippen LogP contribution in [-0.2, 0) is 17.6 Å². The van der Waals surface area contributed by atoms with Gasteiger partial charge in [0.15, 0.2) is 5.78 Å². The Hall–Kier alpha value is -4.64. The van der Waals surface area contributed by atoms with Crippen molar-refractivity contribution >= 4 is 34.3 Å². The molecule has 0 saturated carbocycles. The van der Waals surface area contributed by atoms with Crippen molar-refractivity contribution in [3.8, 4) is 16.9 Å². The maximum Gasteiger partial charge on any atom is 0.352 e. The predicted molar refractivity (Wildman–Crippen MR) is 133 cm³/mol. The number of nitrogens with one attached hydrogen (secondary N) is 1. The summed E-state index contributed by atoms with van der Waals surface area (Å²) in [4.78, 5) is 45.2. The summed E-state index contributed by atoms with van der Waals surface area (Å²) < 4.78 is 2.93. The van der Waals surface area contributed by atoms with Crippen molar-refractivity contribution in [3.63, 3.8) is 0 Å². The molecule has 1 aliphatic rings. The summed E-state index contributed by atoms with van der Waals surface area (Å²) in [6.45, 7) is 0. The first-order valence-electron chi connectivity index (χ1n) is 11.4. The van der Waals surface area contributed by atoms with Crippen molar-refractivity contribution in [2.45, 2.75) is 25.3 Å². The van der Waals surface area contributed by atoms with Gasteiger partial charge in [-0.3, -0.25) is 14.2 Å². The van der Waals surface area contributed by atoms with E-state index >= 15 is 0 Å². The number of aromatic carboxylic acids is 1. The molecule has 1 unspecified atom stereocenters. The number of Topliss-reactive ketones (excluding diaryl/α,β-unsaturated/α-hetero) is 1. The normalized spacial score (nSPS) is 14.7. The van der Waals surface area contributed by atoms with E-state index in [-0.39, 0.29) is 23.5 Å². The first kappa shape index (κ1) is 22.8. The lowest BCUT2D eigenvalue weighted by atomic mass is 10.0. The molecule has 1 atom stereocenters. The summed E-state index contributed by atoms with van der Waals surface area (Å²) >= 11 is 6.23. The van der Waals surface area contributed by atoms with E-state index in [1.807, 2.05) is 0 Å². The maximum absolute atomic E-state index is 13.3. The van der Waals surface area contributed by atoms with Gasteiger partial charge in [0.05, 0.1) is 17.4 Å². The highest BCUT2D eigenvalue weighted by Gasteiger charge is 2.31. The number of carbonyl (C=O) groups is 2. The van der Waals surface area contributed by atoms with Gasteiger partial charge < -0.3 is 10.1 Å². The number of hydrogen-bond donors (Lipinski definition) is 2. The van der Waals surface area contributed by atoms with E-state index in [1.54, 1.807) is 36.4 Å². The number of fused-ring (bicyclic) bond motifs is 2. The predicted octanol–water partition coefficient (Wildman–Crippen LogP) is 3.02. The summed E-state index contributed by atoms with van der Waals surface area (Å²) in [5.74, 6) is -0.637.